The van der Waals surface area contributed by atoms with Gasteiger partial charge in [-0.05, 0) is 6.42 Å². The summed E-state index contributed by atoms with van der Waals surface area (Å²) in [7, 11) is 0. The van der Waals surface area contributed by atoms with Crippen LogP contribution in [0.2, 0.25) is 0 Å². The lowest BCUT2D eigenvalue weighted by Crippen LogP contribution is -1.88. The fourth-order valence-corrected chi connectivity index (χ4v) is 0.475. The Balaban J connectivity index is 0.000000180. The molecular formula is C6H12O4. The van der Waals surface area contributed by atoms with Gasteiger partial charge in [-0.2, -0.15) is 0 Å². The Labute approximate surface area is 59.4 Å². The zero-order valence-corrected chi connectivity index (χ0v) is 5.75. The first-order valence-corrected chi connectivity index (χ1v) is 3.18. The van der Waals surface area contributed by atoms with Crippen LogP contribution < -0.4 is 0 Å². The molecule has 0 spiro atoms. The van der Waals surface area contributed by atoms with Gasteiger partial charge in [-0.15, -0.1) is 0 Å². The van der Waals surface area contributed by atoms with Gasteiger partial charge < -0.3 is 14.9 Å². The van der Waals surface area contributed by atoms with Gasteiger partial charge in [0.25, 0.3) is 0 Å². The van der Waals surface area contributed by atoms with Crippen LogP contribution in [0.4, 0.5) is 0 Å². The minimum Gasteiger partial charge on any atom is -0.466 e. The number of carbonyl (C=O) groups is 1. The molecule has 1 fully saturated rings. The molecule has 4 heteroatoms. The SMILES string of the molecule is O=C1CCCO1.OCCO. The zero-order valence-electron chi connectivity index (χ0n) is 5.75. The van der Waals surface area contributed by atoms with Gasteiger partial charge in [0, 0.05) is 6.42 Å². The second-order valence-electron chi connectivity index (χ2n) is 1.77. The van der Waals surface area contributed by atoms with Gasteiger partial charge in [-0.1, -0.05) is 0 Å². The standard InChI is InChI=1S/C4H6O2.C2H6O2/c5-4-2-1-3-6-4;3-1-2-4/h1-3H2;3-4H,1-2H2. The van der Waals surface area contributed by atoms with E-state index in [1.165, 1.54) is 0 Å². The molecule has 0 aromatic carbocycles. The van der Waals surface area contributed by atoms with Gasteiger partial charge in [0.15, 0.2) is 0 Å². The number of cyclic esters (lactones) is 1. The van der Waals surface area contributed by atoms with Gasteiger partial charge in [0.05, 0.1) is 19.8 Å². The minimum absolute atomic E-state index is 0.0463. The smallest absolute Gasteiger partial charge is 0.305 e. The Morgan fingerprint density at radius 3 is 2.10 bits per heavy atom. The third-order valence-electron chi connectivity index (χ3n) is 0.888. The summed E-state index contributed by atoms with van der Waals surface area (Å²) in [5, 5.41) is 15.2. The fraction of sp³-hybridized carbons (Fsp3) is 0.833. The molecule has 1 heterocycles. The van der Waals surface area contributed by atoms with Crippen molar-refractivity contribution in [1.82, 2.24) is 0 Å². The molecule has 0 unspecified atom stereocenters. The van der Waals surface area contributed by atoms with Crippen LogP contribution in [0.25, 0.3) is 0 Å². The van der Waals surface area contributed by atoms with Crippen LogP contribution in [-0.2, 0) is 9.53 Å². The number of aliphatic hydroxyl groups is 2. The molecule has 0 atom stereocenters. The molecule has 0 aliphatic carbocycles. The van der Waals surface area contributed by atoms with E-state index in [0.717, 1.165) is 6.42 Å². The van der Waals surface area contributed by atoms with Crippen LogP contribution in [0, 0.1) is 0 Å². The number of rotatable bonds is 1. The van der Waals surface area contributed by atoms with Gasteiger partial charge in [-0.3, -0.25) is 4.79 Å². The molecule has 0 bridgehead atoms. The first kappa shape index (κ1) is 9.39. The molecule has 0 amide bonds. The van der Waals surface area contributed by atoms with E-state index in [4.69, 9.17) is 10.2 Å². The quantitative estimate of drug-likeness (QED) is 0.482. The maximum Gasteiger partial charge on any atom is 0.305 e. The van der Waals surface area contributed by atoms with Crippen LogP contribution in [0.1, 0.15) is 12.8 Å². The Morgan fingerprint density at radius 1 is 1.40 bits per heavy atom. The Bertz CT molecular complexity index is 81.7. The highest BCUT2D eigenvalue weighted by Gasteiger charge is 2.08. The van der Waals surface area contributed by atoms with Crippen LogP contribution in [0.5, 0.6) is 0 Å². The number of esters is 1. The highest BCUT2D eigenvalue weighted by molar-refractivity contribution is 5.70. The lowest BCUT2D eigenvalue weighted by atomic mass is 10.4. The largest absolute Gasteiger partial charge is 0.466 e. The van der Waals surface area contributed by atoms with Crippen molar-refractivity contribution in [1.29, 1.82) is 0 Å². The van der Waals surface area contributed by atoms with Gasteiger partial charge in [0.2, 0.25) is 0 Å². The van der Waals surface area contributed by atoms with Crippen molar-refractivity contribution >= 4 is 5.97 Å². The number of carbonyl (C=O) groups excluding carboxylic acids is 1. The maximum atomic E-state index is 10.0. The molecule has 0 radical (unpaired) electrons. The van der Waals surface area contributed by atoms with E-state index in [1.807, 2.05) is 0 Å². The average Bonchev–Trinajstić information content (AvgIpc) is 2.40. The molecule has 1 aliphatic heterocycles. The third-order valence-corrected chi connectivity index (χ3v) is 0.888. The van der Waals surface area contributed by atoms with Crippen LogP contribution in [0.3, 0.4) is 0 Å². The van der Waals surface area contributed by atoms with E-state index in [0.29, 0.717) is 13.0 Å². The van der Waals surface area contributed by atoms with Crippen LogP contribution >= 0.6 is 0 Å². The van der Waals surface area contributed by atoms with Gasteiger partial charge in [-0.25, -0.2) is 0 Å². The molecule has 0 aromatic rings. The molecule has 1 aliphatic rings. The lowest BCUT2D eigenvalue weighted by Gasteiger charge is -1.81. The van der Waals surface area contributed by atoms with Crippen molar-refractivity contribution < 1.29 is 19.7 Å². The monoisotopic (exact) mass is 148 g/mol. The summed E-state index contributed by atoms with van der Waals surface area (Å²) in [6.45, 7) is 0.388. The summed E-state index contributed by atoms with van der Waals surface area (Å²) >= 11 is 0. The summed E-state index contributed by atoms with van der Waals surface area (Å²) in [4.78, 5) is 10.0. The van der Waals surface area contributed by atoms with Crippen molar-refractivity contribution in [2.24, 2.45) is 0 Å². The normalized spacial score (nSPS) is 15.6. The highest BCUT2D eigenvalue weighted by Crippen LogP contribution is 2.01. The molecule has 2 N–H and O–H groups in total. The van der Waals surface area contributed by atoms with Gasteiger partial charge in [0.1, 0.15) is 0 Å². The van der Waals surface area contributed by atoms with Crippen molar-refractivity contribution in [2.75, 3.05) is 19.8 Å². The molecule has 1 saturated heterocycles. The summed E-state index contributed by atoms with van der Waals surface area (Å²) in [6, 6.07) is 0. The summed E-state index contributed by atoms with van der Waals surface area (Å²) in [6.07, 6.45) is 1.54. The first-order chi connectivity index (χ1) is 4.81. The Hall–Kier alpha value is -0.610. The Morgan fingerprint density at radius 2 is 2.00 bits per heavy atom. The zero-order chi connectivity index (χ0) is 7.82. The highest BCUT2D eigenvalue weighted by atomic mass is 16.5. The van der Waals surface area contributed by atoms with Crippen molar-refractivity contribution in [3.8, 4) is 0 Å². The van der Waals surface area contributed by atoms with E-state index in [-0.39, 0.29) is 19.2 Å². The number of hydrogen-bond acceptors (Lipinski definition) is 4. The average molecular weight is 148 g/mol. The molecule has 0 saturated carbocycles. The second-order valence-corrected chi connectivity index (χ2v) is 1.77. The summed E-state index contributed by atoms with van der Waals surface area (Å²) in [5.41, 5.74) is 0. The van der Waals surface area contributed by atoms with E-state index in [1.54, 1.807) is 0 Å². The fourth-order valence-electron chi connectivity index (χ4n) is 0.475. The summed E-state index contributed by atoms with van der Waals surface area (Å²) in [5.74, 6) is -0.0463. The predicted octanol–water partition coefficient (Wildman–Crippen LogP) is -0.706. The van der Waals surface area contributed by atoms with Crippen LogP contribution in [-0.4, -0.2) is 36.0 Å². The second kappa shape index (κ2) is 6.51. The molecule has 1 rings (SSSR count). The van der Waals surface area contributed by atoms with E-state index < -0.39 is 0 Å². The molecule has 10 heavy (non-hydrogen) atoms. The predicted molar refractivity (Wildman–Crippen MR) is 34.4 cm³/mol. The third kappa shape index (κ3) is 5.53. The molecule has 4 nitrogen and oxygen atoms in total. The number of aliphatic hydroxyl groups excluding tert-OH is 2. The van der Waals surface area contributed by atoms with Crippen molar-refractivity contribution in [3.63, 3.8) is 0 Å². The van der Waals surface area contributed by atoms with E-state index in [2.05, 4.69) is 4.74 Å². The summed E-state index contributed by atoms with van der Waals surface area (Å²) < 4.78 is 4.51. The maximum absolute atomic E-state index is 10.0. The lowest BCUT2D eigenvalue weighted by molar-refractivity contribution is -0.137. The van der Waals surface area contributed by atoms with Crippen molar-refractivity contribution in [2.45, 2.75) is 12.8 Å². The van der Waals surface area contributed by atoms with Gasteiger partial charge >= 0.3 is 5.97 Å². The van der Waals surface area contributed by atoms with Crippen LogP contribution in [0.15, 0.2) is 0 Å². The first-order valence-electron chi connectivity index (χ1n) is 3.18. The topological polar surface area (TPSA) is 66.8 Å². The van der Waals surface area contributed by atoms with E-state index in [9.17, 15) is 4.79 Å². The number of ether oxygens (including phenoxy) is 1. The number of hydrogen-bond donors (Lipinski definition) is 2. The van der Waals surface area contributed by atoms with Crippen molar-refractivity contribution in [3.05, 3.63) is 0 Å². The van der Waals surface area contributed by atoms with E-state index >= 15 is 0 Å². The molecular weight excluding hydrogens is 136 g/mol. The molecule has 60 valence electrons. The molecule has 0 aromatic heterocycles. The Kier molecular flexibility index (Phi) is 6.11. The minimum atomic E-state index is -0.125.